The molecule has 0 radical (unpaired) electrons. The summed E-state index contributed by atoms with van der Waals surface area (Å²) in [6, 6.07) is 2.84. The SMILES string of the molecule is C=CC(=O)c1ccc([N+](=O)[O-])cc1F. The lowest BCUT2D eigenvalue weighted by Gasteiger charge is -1.97. The highest BCUT2D eigenvalue weighted by atomic mass is 19.1. The molecule has 0 aromatic heterocycles. The highest BCUT2D eigenvalue weighted by Crippen LogP contribution is 2.16. The number of non-ortho nitro benzene ring substituents is 1. The minimum absolute atomic E-state index is 0.217. The van der Waals surface area contributed by atoms with Gasteiger partial charge in [0.25, 0.3) is 5.69 Å². The standard InChI is InChI=1S/C9H6FNO3/c1-2-9(12)7-4-3-6(11(13)14)5-8(7)10/h2-5H,1H2. The van der Waals surface area contributed by atoms with Crippen LogP contribution in [0.2, 0.25) is 0 Å². The Morgan fingerprint density at radius 1 is 1.57 bits per heavy atom. The average molecular weight is 195 g/mol. The van der Waals surface area contributed by atoms with E-state index in [1.54, 1.807) is 0 Å². The van der Waals surface area contributed by atoms with E-state index < -0.39 is 16.5 Å². The molecule has 0 aliphatic rings. The van der Waals surface area contributed by atoms with Gasteiger partial charge in [-0.05, 0) is 12.1 Å². The number of allylic oxidation sites excluding steroid dienone is 1. The molecule has 5 heteroatoms. The first-order valence-corrected chi connectivity index (χ1v) is 3.67. The molecule has 0 bridgehead atoms. The quantitative estimate of drug-likeness (QED) is 0.321. The summed E-state index contributed by atoms with van der Waals surface area (Å²) in [5.74, 6) is -1.51. The summed E-state index contributed by atoms with van der Waals surface area (Å²) < 4.78 is 13.1. The van der Waals surface area contributed by atoms with Gasteiger partial charge in [-0.25, -0.2) is 4.39 Å². The molecule has 0 fully saturated rings. The van der Waals surface area contributed by atoms with E-state index in [1.165, 1.54) is 0 Å². The maximum atomic E-state index is 13.1. The van der Waals surface area contributed by atoms with Crippen molar-refractivity contribution in [2.45, 2.75) is 0 Å². The number of hydrogen-bond donors (Lipinski definition) is 0. The highest BCUT2D eigenvalue weighted by Gasteiger charge is 2.13. The fourth-order valence-corrected chi connectivity index (χ4v) is 0.927. The number of hydrogen-bond acceptors (Lipinski definition) is 3. The average Bonchev–Trinajstić information content (AvgIpc) is 2.16. The van der Waals surface area contributed by atoms with Gasteiger partial charge in [0.2, 0.25) is 0 Å². The maximum absolute atomic E-state index is 13.1. The Labute approximate surface area is 78.8 Å². The van der Waals surface area contributed by atoms with Gasteiger partial charge < -0.3 is 0 Å². The van der Waals surface area contributed by atoms with Crippen molar-refractivity contribution in [3.05, 3.63) is 52.3 Å². The molecule has 0 amide bonds. The molecule has 0 aliphatic heterocycles. The molecule has 0 unspecified atom stereocenters. The number of ketones is 1. The van der Waals surface area contributed by atoms with Crippen molar-refractivity contribution in [3.8, 4) is 0 Å². The van der Waals surface area contributed by atoms with Gasteiger partial charge in [0.05, 0.1) is 16.6 Å². The third-order valence-electron chi connectivity index (χ3n) is 1.61. The van der Waals surface area contributed by atoms with Gasteiger partial charge in [0.1, 0.15) is 5.82 Å². The van der Waals surface area contributed by atoms with Gasteiger partial charge in [0, 0.05) is 6.07 Å². The molecular weight excluding hydrogens is 189 g/mol. The first-order valence-electron chi connectivity index (χ1n) is 3.67. The number of nitro groups is 1. The molecule has 14 heavy (non-hydrogen) atoms. The molecule has 1 aromatic carbocycles. The number of carbonyl (C=O) groups excluding carboxylic acids is 1. The van der Waals surface area contributed by atoms with Crippen molar-refractivity contribution in [2.75, 3.05) is 0 Å². The molecular formula is C9H6FNO3. The summed E-state index contributed by atoms with van der Waals surface area (Å²) in [6.07, 6.45) is 0.949. The third kappa shape index (κ3) is 1.82. The van der Waals surface area contributed by atoms with Crippen molar-refractivity contribution in [3.63, 3.8) is 0 Å². The van der Waals surface area contributed by atoms with Crippen LogP contribution in [0.3, 0.4) is 0 Å². The summed E-state index contributed by atoms with van der Waals surface area (Å²) in [6.45, 7) is 3.19. The fourth-order valence-electron chi connectivity index (χ4n) is 0.927. The van der Waals surface area contributed by atoms with Gasteiger partial charge >= 0.3 is 0 Å². The second-order valence-electron chi connectivity index (χ2n) is 2.49. The minimum Gasteiger partial charge on any atom is -0.289 e. The predicted molar refractivity (Wildman–Crippen MR) is 47.6 cm³/mol. The zero-order valence-corrected chi connectivity index (χ0v) is 7.07. The van der Waals surface area contributed by atoms with E-state index in [-0.39, 0.29) is 11.3 Å². The van der Waals surface area contributed by atoms with Crippen LogP contribution in [0, 0.1) is 15.9 Å². The molecule has 4 nitrogen and oxygen atoms in total. The lowest BCUT2D eigenvalue weighted by atomic mass is 10.1. The van der Waals surface area contributed by atoms with Crippen LogP contribution in [0.4, 0.5) is 10.1 Å². The Balaban J connectivity index is 3.20. The summed E-state index contributed by atoms with van der Waals surface area (Å²) in [5.41, 5.74) is -0.603. The van der Waals surface area contributed by atoms with Gasteiger partial charge in [-0.2, -0.15) is 0 Å². The van der Waals surface area contributed by atoms with Crippen LogP contribution in [-0.4, -0.2) is 10.7 Å². The van der Waals surface area contributed by atoms with Gasteiger partial charge in [-0.3, -0.25) is 14.9 Å². The van der Waals surface area contributed by atoms with Crippen molar-refractivity contribution in [2.24, 2.45) is 0 Å². The number of nitro benzene ring substituents is 1. The Morgan fingerprint density at radius 3 is 2.64 bits per heavy atom. The number of carbonyl (C=O) groups is 1. The van der Waals surface area contributed by atoms with E-state index >= 15 is 0 Å². The Morgan fingerprint density at radius 2 is 2.21 bits per heavy atom. The van der Waals surface area contributed by atoms with E-state index in [9.17, 15) is 19.3 Å². The summed E-state index contributed by atoms with van der Waals surface area (Å²) in [5, 5.41) is 10.2. The van der Waals surface area contributed by atoms with Gasteiger partial charge in [0.15, 0.2) is 5.78 Å². The van der Waals surface area contributed by atoms with Crippen LogP contribution in [0.1, 0.15) is 10.4 Å². The van der Waals surface area contributed by atoms with E-state index in [4.69, 9.17) is 0 Å². The first-order chi connectivity index (χ1) is 6.56. The van der Waals surface area contributed by atoms with Crippen LogP contribution in [0.15, 0.2) is 30.9 Å². The van der Waals surface area contributed by atoms with Crippen LogP contribution >= 0.6 is 0 Å². The highest BCUT2D eigenvalue weighted by molar-refractivity contribution is 6.04. The predicted octanol–water partition coefficient (Wildman–Crippen LogP) is 2.10. The number of halogens is 1. The van der Waals surface area contributed by atoms with Gasteiger partial charge in [-0.1, -0.05) is 6.58 Å². The maximum Gasteiger partial charge on any atom is 0.272 e. The molecule has 0 heterocycles. The second kappa shape index (κ2) is 3.78. The fraction of sp³-hybridized carbons (Fsp3) is 0. The largest absolute Gasteiger partial charge is 0.289 e. The van der Waals surface area contributed by atoms with Crippen LogP contribution in [0.5, 0.6) is 0 Å². The lowest BCUT2D eigenvalue weighted by molar-refractivity contribution is -0.385. The topological polar surface area (TPSA) is 60.2 Å². The minimum atomic E-state index is -0.913. The van der Waals surface area contributed by atoms with Crippen molar-refractivity contribution in [1.29, 1.82) is 0 Å². The molecule has 1 aromatic rings. The number of nitrogens with zero attached hydrogens (tertiary/aromatic N) is 1. The second-order valence-corrected chi connectivity index (χ2v) is 2.49. The molecule has 0 saturated carbocycles. The number of benzene rings is 1. The van der Waals surface area contributed by atoms with Crippen molar-refractivity contribution < 1.29 is 14.1 Å². The Hall–Kier alpha value is -2.04. The van der Waals surface area contributed by atoms with Crippen LogP contribution < -0.4 is 0 Å². The summed E-state index contributed by atoms with van der Waals surface area (Å²) in [7, 11) is 0. The van der Waals surface area contributed by atoms with Crippen molar-refractivity contribution >= 4 is 11.5 Å². The Bertz CT molecular complexity index is 415. The van der Waals surface area contributed by atoms with E-state index in [0.717, 1.165) is 18.2 Å². The van der Waals surface area contributed by atoms with Gasteiger partial charge in [-0.15, -0.1) is 0 Å². The van der Waals surface area contributed by atoms with E-state index in [1.807, 2.05) is 0 Å². The summed E-state index contributed by atoms with van der Waals surface area (Å²) >= 11 is 0. The third-order valence-corrected chi connectivity index (χ3v) is 1.61. The molecule has 0 atom stereocenters. The van der Waals surface area contributed by atoms with E-state index in [0.29, 0.717) is 6.07 Å². The number of rotatable bonds is 3. The Kier molecular flexibility index (Phi) is 2.71. The molecule has 72 valence electrons. The normalized spacial score (nSPS) is 9.50. The zero-order chi connectivity index (χ0) is 10.7. The molecule has 0 aliphatic carbocycles. The van der Waals surface area contributed by atoms with Crippen molar-refractivity contribution in [1.82, 2.24) is 0 Å². The smallest absolute Gasteiger partial charge is 0.272 e. The summed E-state index contributed by atoms with van der Waals surface area (Å²) in [4.78, 5) is 20.5. The lowest BCUT2D eigenvalue weighted by Crippen LogP contribution is -1.99. The molecule has 0 N–H and O–H groups in total. The molecule has 1 rings (SSSR count). The van der Waals surface area contributed by atoms with E-state index in [2.05, 4.69) is 6.58 Å². The van der Waals surface area contributed by atoms with Crippen LogP contribution in [-0.2, 0) is 0 Å². The first kappa shape index (κ1) is 10.0. The molecule has 0 spiro atoms. The van der Waals surface area contributed by atoms with Crippen LogP contribution in [0.25, 0.3) is 0 Å². The molecule has 0 saturated heterocycles. The zero-order valence-electron chi connectivity index (χ0n) is 7.07. The monoisotopic (exact) mass is 195 g/mol.